The molecule has 4 heteroatoms. The Morgan fingerprint density at radius 3 is 1.97 bits per heavy atom. The lowest BCUT2D eigenvalue weighted by Gasteiger charge is -2.31. The predicted octanol–water partition coefficient (Wildman–Crippen LogP) is 8.44. The molecule has 0 radical (unpaired) electrons. The summed E-state index contributed by atoms with van der Waals surface area (Å²) >= 11 is 0. The van der Waals surface area contributed by atoms with Gasteiger partial charge in [-0.25, -0.2) is 4.57 Å². The minimum absolute atomic E-state index is 0.0580. The van der Waals surface area contributed by atoms with E-state index in [0.717, 1.165) is 40.2 Å². The van der Waals surface area contributed by atoms with Gasteiger partial charge in [-0.05, 0) is 29.6 Å². The van der Waals surface area contributed by atoms with Gasteiger partial charge < -0.3 is 9.05 Å². The number of fused-ring (bicyclic) bond motifs is 1. The first kappa shape index (κ1) is 23.9. The third-order valence-electron chi connectivity index (χ3n) is 6.38. The van der Waals surface area contributed by atoms with E-state index in [1.165, 1.54) is 5.56 Å². The highest BCUT2D eigenvalue weighted by molar-refractivity contribution is 7.54. The van der Waals surface area contributed by atoms with Gasteiger partial charge in [0.15, 0.2) is 0 Å². The third-order valence-corrected chi connectivity index (χ3v) is 8.03. The lowest BCUT2D eigenvalue weighted by molar-refractivity contribution is 0.378. The number of hydrogen-bond acceptors (Lipinski definition) is 3. The second kappa shape index (κ2) is 7.69. The Balaban J connectivity index is 2.11. The van der Waals surface area contributed by atoms with E-state index in [-0.39, 0.29) is 16.2 Å². The Morgan fingerprint density at radius 1 is 0.935 bits per heavy atom. The zero-order valence-electron chi connectivity index (χ0n) is 21.0. The maximum Gasteiger partial charge on any atom is 0.435 e. The molecule has 0 N–H and O–H groups in total. The Morgan fingerprint density at radius 2 is 1.48 bits per heavy atom. The molecular weight excluding hydrogens is 403 g/mol. The van der Waals surface area contributed by atoms with Gasteiger partial charge in [0, 0.05) is 22.3 Å². The van der Waals surface area contributed by atoms with Gasteiger partial charge in [0.2, 0.25) is 0 Å². The highest BCUT2D eigenvalue weighted by Crippen LogP contribution is 2.62. The average Bonchev–Trinajstić information content (AvgIpc) is 2.96. The van der Waals surface area contributed by atoms with Crippen molar-refractivity contribution < 1.29 is 13.6 Å². The van der Waals surface area contributed by atoms with Gasteiger partial charge in [0.25, 0.3) is 0 Å². The van der Waals surface area contributed by atoms with Crippen LogP contribution in [0.25, 0.3) is 0 Å². The fourth-order valence-electron chi connectivity index (χ4n) is 4.10. The quantitative estimate of drug-likeness (QED) is 0.446. The van der Waals surface area contributed by atoms with Crippen LogP contribution in [0, 0.1) is 6.92 Å². The number of hydrogen-bond donors (Lipinski definition) is 0. The van der Waals surface area contributed by atoms with Crippen molar-refractivity contribution in [3.63, 3.8) is 0 Å². The molecule has 0 bridgehead atoms. The molecule has 0 spiro atoms. The van der Waals surface area contributed by atoms with E-state index < -0.39 is 7.60 Å². The molecule has 3 rings (SSSR count). The maximum absolute atomic E-state index is 14.0. The molecule has 0 amide bonds. The number of benzene rings is 2. The summed E-state index contributed by atoms with van der Waals surface area (Å²) in [6.07, 6.45) is 1.27. The molecule has 0 fully saturated rings. The molecule has 1 heterocycles. The fourth-order valence-corrected chi connectivity index (χ4v) is 5.90. The Bertz CT molecular complexity index is 1000. The first-order chi connectivity index (χ1) is 14.1. The van der Waals surface area contributed by atoms with Gasteiger partial charge in [-0.1, -0.05) is 98.2 Å². The van der Waals surface area contributed by atoms with Gasteiger partial charge in [-0.15, -0.1) is 0 Å². The summed E-state index contributed by atoms with van der Waals surface area (Å²) in [6, 6.07) is 10.5. The van der Waals surface area contributed by atoms with Crippen molar-refractivity contribution in [3.8, 4) is 11.5 Å². The van der Waals surface area contributed by atoms with Crippen molar-refractivity contribution in [3.05, 3.63) is 58.1 Å². The summed E-state index contributed by atoms with van der Waals surface area (Å²) in [7, 11) is -3.39. The zero-order chi connectivity index (χ0) is 23.4. The topological polar surface area (TPSA) is 35.5 Å². The molecule has 1 unspecified atom stereocenters. The van der Waals surface area contributed by atoms with Crippen LogP contribution in [0.15, 0.2) is 30.3 Å². The summed E-state index contributed by atoms with van der Waals surface area (Å²) < 4.78 is 26.7. The van der Waals surface area contributed by atoms with Crippen LogP contribution in [0.3, 0.4) is 0 Å². The SMILES string of the molecule is CCC(C)(C)c1cccc2c1OP(=O)(Oc1c(C(C)(C)C)cc(C)cc1C(C)(C)C)C2. The molecule has 1 atom stereocenters. The lowest BCUT2D eigenvalue weighted by Crippen LogP contribution is -2.20. The van der Waals surface area contributed by atoms with E-state index >= 15 is 0 Å². The van der Waals surface area contributed by atoms with Crippen molar-refractivity contribution in [1.29, 1.82) is 0 Å². The van der Waals surface area contributed by atoms with Gasteiger partial charge in [-0.3, -0.25) is 0 Å². The van der Waals surface area contributed by atoms with E-state index in [4.69, 9.17) is 9.05 Å². The van der Waals surface area contributed by atoms with Crippen molar-refractivity contribution in [2.45, 2.75) is 98.1 Å². The predicted molar refractivity (Wildman–Crippen MR) is 131 cm³/mol. The van der Waals surface area contributed by atoms with Gasteiger partial charge in [-0.2, -0.15) is 0 Å². The lowest BCUT2D eigenvalue weighted by atomic mass is 9.78. The normalized spacial score (nSPS) is 19.2. The Kier molecular flexibility index (Phi) is 5.94. The smallest absolute Gasteiger partial charge is 0.415 e. The molecule has 3 nitrogen and oxygen atoms in total. The molecule has 1 aliphatic heterocycles. The summed E-state index contributed by atoms with van der Waals surface area (Å²) in [5, 5.41) is 0. The first-order valence-electron chi connectivity index (χ1n) is 11.3. The van der Waals surface area contributed by atoms with Crippen LogP contribution in [-0.2, 0) is 27.0 Å². The second-order valence-electron chi connectivity index (χ2n) is 11.7. The molecule has 2 aromatic rings. The maximum atomic E-state index is 14.0. The van der Waals surface area contributed by atoms with E-state index in [2.05, 4.69) is 87.4 Å². The molecule has 0 saturated carbocycles. The van der Waals surface area contributed by atoms with Gasteiger partial charge in [0.05, 0.1) is 0 Å². The standard InChI is InChI=1S/C27H39O3P/c1-11-27(9,10)20-14-12-13-19-17-31(28,29-23(19)20)30-24-21(25(3,4)5)15-18(2)16-22(24)26(6,7)8/h12-16H,11,17H2,1-10H3. The van der Waals surface area contributed by atoms with Crippen molar-refractivity contribution in [1.82, 2.24) is 0 Å². The zero-order valence-corrected chi connectivity index (χ0v) is 21.9. The van der Waals surface area contributed by atoms with Crippen molar-refractivity contribution in [2.24, 2.45) is 0 Å². The fraction of sp³-hybridized carbons (Fsp3) is 0.556. The molecule has 0 saturated heterocycles. The second-order valence-corrected chi connectivity index (χ2v) is 13.6. The summed E-state index contributed by atoms with van der Waals surface area (Å²) in [4.78, 5) is 0. The highest BCUT2D eigenvalue weighted by Gasteiger charge is 2.42. The minimum atomic E-state index is -3.39. The number of rotatable bonds is 4. The van der Waals surface area contributed by atoms with Crippen molar-refractivity contribution >= 4 is 7.60 Å². The molecule has 31 heavy (non-hydrogen) atoms. The minimum Gasteiger partial charge on any atom is -0.415 e. The Labute approximate surface area is 189 Å². The molecule has 170 valence electrons. The van der Waals surface area contributed by atoms with Crippen LogP contribution >= 0.6 is 7.60 Å². The average molecular weight is 443 g/mol. The highest BCUT2D eigenvalue weighted by atomic mass is 31.2. The van der Waals surface area contributed by atoms with Crippen LogP contribution in [0.2, 0.25) is 0 Å². The summed E-state index contributed by atoms with van der Waals surface area (Å²) in [5.74, 6) is 1.47. The van der Waals surface area contributed by atoms with Crippen LogP contribution < -0.4 is 9.05 Å². The summed E-state index contributed by atoms with van der Waals surface area (Å²) in [6.45, 7) is 21.7. The van der Waals surface area contributed by atoms with E-state index in [1.807, 2.05) is 12.1 Å². The van der Waals surface area contributed by atoms with Gasteiger partial charge in [0.1, 0.15) is 17.7 Å². The largest absolute Gasteiger partial charge is 0.435 e. The van der Waals surface area contributed by atoms with Crippen LogP contribution in [0.1, 0.15) is 96.6 Å². The van der Waals surface area contributed by atoms with E-state index in [1.54, 1.807) is 0 Å². The molecule has 0 aliphatic carbocycles. The molecule has 2 aromatic carbocycles. The third kappa shape index (κ3) is 4.72. The monoisotopic (exact) mass is 442 g/mol. The van der Waals surface area contributed by atoms with Crippen LogP contribution in [0.4, 0.5) is 0 Å². The summed E-state index contributed by atoms with van der Waals surface area (Å²) in [5.41, 5.74) is 5.04. The Hall–Kier alpha value is -1.73. The number of para-hydroxylation sites is 1. The molecular formula is C27H39O3P. The van der Waals surface area contributed by atoms with E-state index in [9.17, 15) is 4.57 Å². The van der Waals surface area contributed by atoms with E-state index in [0.29, 0.717) is 6.16 Å². The van der Waals surface area contributed by atoms with Crippen LogP contribution in [-0.4, -0.2) is 0 Å². The first-order valence-corrected chi connectivity index (χ1v) is 13.1. The van der Waals surface area contributed by atoms with Crippen molar-refractivity contribution in [2.75, 3.05) is 0 Å². The van der Waals surface area contributed by atoms with Crippen LogP contribution in [0.5, 0.6) is 11.5 Å². The molecule has 0 aromatic heterocycles. The number of aryl methyl sites for hydroxylation is 1. The molecule has 1 aliphatic rings. The van der Waals surface area contributed by atoms with Gasteiger partial charge >= 0.3 is 7.60 Å².